The van der Waals surface area contributed by atoms with Crippen molar-refractivity contribution in [3.8, 4) is 0 Å². The zero-order valence-electron chi connectivity index (χ0n) is 6.80. The van der Waals surface area contributed by atoms with Crippen LogP contribution in [0.15, 0.2) is 18.2 Å². The Morgan fingerprint density at radius 3 is 3.00 bits per heavy atom. The monoisotopic (exact) mass is 145 g/mol. The molecule has 1 heterocycles. The molecule has 0 saturated carbocycles. The number of nitrogens with two attached hydrogens (primary N) is 1. The van der Waals surface area contributed by atoms with E-state index in [0.29, 0.717) is 6.71 Å². The number of fused-ring (bicyclic) bond motifs is 1. The molecule has 2 heteroatoms. The molecule has 0 aliphatic carbocycles. The molecular weight excluding hydrogens is 133 g/mol. The van der Waals surface area contributed by atoms with Crippen LogP contribution in [0.1, 0.15) is 5.56 Å². The van der Waals surface area contributed by atoms with Gasteiger partial charge in [0.15, 0.2) is 6.71 Å². The summed E-state index contributed by atoms with van der Waals surface area (Å²) < 4.78 is 0. The van der Waals surface area contributed by atoms with Gasteiger partial charge in [-0.3, -0.25) is 0 Å². The molecule has 0 bridgehead atoms. The predicted molar refractivity (Wildman–Crippen MR) is 50.6 cm³/mol. The van der Waals surface area contributed by atoms with Gasteiger partial charge in [0, 0.05) is 5.69 Å². The number of hydrogen-bond acceptors (Lipinski definition) is 1. The van der Waals surface area contributed by atoms with E-state index in [9.17, 15) is 0 Å². The molecule has 0 fully saturated rings. The molecule has 2 rings (SSSR count). The predicted octanol–water partition coefficient (Wildman–Crippen LogP) is 1.16. The average molecular weight is 145 g/mol. The summed E-state index contributed by atoms with van der Waals surface area (Å²) in [6, 6.07) is 6.24. The first-order chi connectivity index (χ1) is 5.29. The average Bonchev–Trinajstić information content (AvgIpc) is 2.34. The Morgan fingerprint density at radius 1 is 1.45 bits per heavy atom. The van der Waals surface area contributed by atoms with Crippen LogP contribution in [0.5, 0.6) is 0 Å². The van der Waals surface area contributed by atoms with Gasteiger partial charge in [-0.05, 0) is 12.5 Å². The van der Waals surface area contributed by atoms with E-state index in [4.69, 9.17) is 5.73 Å². The minimum atomic E-state index is 0.672. The lowest BCUT2D eigenvalue weighted by Gasteiger charge is -2.05. The molecule has 56 valence electrons. The molecule has 0 spiro atoms. The van der Waals surface area contributed by atoms with Crippen molar-refractivity contribution in [3.63, 3.8) is 0 Å². The van der Waals surface area contributed by atoms with Crippen LogP contribution in [0.4, 0.5) is 5.69 Å². The van der Waals surface area contributed by atoms with Crippen molar-refractivity contribution in [2.45, 2.75) is 19.6 Å². The standard InChI is InChI=1S/C9H12BN/c1-10-6-5-7-3-2-4-8(11)9(7)10/h2-4H,5-6,11H2,1H3. The van der Waals surface area contributed by atoms with Gasteiger partial charge in [-0.15, -0.1) is 0 Å². The summed E-state index contributed by atoms with van der Waals surface area (Å²) in [5, 5.41) is 0. The van der Waals surface area contributed by atoms with E-state index in [2.05, 4.69) is 12.9 Å². The Kier molecular flexibility index (Phi) is 1.41. The lowest BCUT2D eigenvalue weighted by atomic mass is 9.47. The molecule has 1 aliphatic heterocycles. The molecule has 1 aromatic carbocycles. The molecule has 11 heavy (non-hydrogen) atoms. The Balaban J connectivity index is 2.58. The quantitative estimate of drug-likeness (QED) is 0.430. The summed E-state index contributed by atoms with van der Waals surface area (Å²) in [5.41, 5.74) is 9.69. The molecule has 1 aliphatic rings. The number of rotatable bonds is 0. The molecule has 0 radical (unpaired) electrons. The van der Waals surface area contributed by atoms with Crippen LogP contribution >= 0.6 is 0 Å². The van der Waals surface area contributed by atoms with Crippen molar-refractivity contribution in [1.82, 2.24) is 0 Å². The van der Waals surface area contributed by atoms with Crippen molar-refractivity contribution in [2.24, 2.45) is 0 Å². The summed E-state index contributed by atoms with van der Waals surface area (Å²) in [5.74, 6) is 0. The van der Waals surface area contributed by atoms with Crippen LogP contribution in [0.2, 0.25) is 13.1 Å². The van der Waals surface area contributed by atoms with E-state index in [1.807, 2.05) is 12.1 Å². The smallest absolute Gasteiger partial charge is 0.176 e. The van der Waals surface area contributed by atoms with Gasteiger partial charge in [0.05, 0.1) is 0 Å². The Hall–Kier alpha value is -0.915. The fourth-order valence-electron chi connectivity index (χ4n) is 1.97. The van der Waals surface area contributed by atoms with Crippen molar-refractivity contribution >= 4 is 17.9 Å². The summed E-state index contributed by atoms with van der Waals surface area (Å²) in [6.45, 7) is 2.92. The van der Waals surface area contributed by atoms with Crippen molar-refractivity contribution in [3.05, 3.63) is 23.8 Å². The van der Waals surface area contributed by atoms with Crippen molar-refractivity contribution in [2.75, 3.05) is 5.73 Å². The van der Waals surface area contributed by atoms with Gasteiger partial charge in [-0.2, -0.15) is 0 Å². The SMILES string of the molecule is CB1CCc2cccc(N)c21. The van der Waals surface area contributed by atoms with Gasteiger partial charge >= 0.3 is 0 Å². The highest BCUT2D eigenvalue weighted by atomic mass is 14.6. The topological polar surface area (TPSA) is 26.0 Å². The minimum absolute atomic E-state index is 0.672. The number of hydrogen-bond donors (Lipinski definition) is 1. The molecule has 1 nitrogen and oxygen atoms in total. The number of nitrogen functional groups attached to an aromatic ring is 1. The molecule has 0 atom stereocenters. The van der Waals surface area contributed by atoms with Gasteiger partial charge in [0.1, 0.15) is 0 Å². The zero-order chi connectivity index (χ0) is 7.84. The van der Waals surface area contributed by atoms with Gasteiger partial charge < -0.3 is 5.73 Å². The van der Waals surface area contributed by atoms with Crippen LogP contribution in [-0.2, 0) is 6.42 Å². The van der Waals surface area contributed by atoms with Crippen LogP contribution in [0, 0.1) is 0 Å². The van der Waals surface area contributed by atoms with Crippen molar-refractivity contribution < 1.29 is 0 Å². The maximum absolute atomic E-state index is 5.86. The van der Waals surface area contributed by atoms with E-state index in [1.54, 1.807) is 0 Å². The van der Waals surface area contributed by atoms with Crippen LogP contribution < -0.4 is 11.2 Å². The third-order valence-corrected chi connectivity index (χ3v) is 2.57. The van der Waals surface area contributed by atoms with E-state index in [-0.39, 0.29) is 0 Å². The molecule has 0 unspecified atom stereocenters. The lowest BCUT2D eigenvalue weighted by molar-refractivity contribution is 1.17. The first-order valence-electron chi connectivity index (χ1n) is 4.16. The Bertz CT molecular complexity index is 283. The second kappa shape index (κ2) is 2.30. The third kappa shape index (κ3) is 0.935. The van der Waals surface area contributed by atoms with Gasteiger partial charge in [0.2, 0.25) is 0 Å². The van der Waals surface area contributed by atoms with Gasteiger partial charge in [-0.25, -0.2) is 0 Å². The largest absolute Gasteiger partial charge is 0.399 e. The molecule has 1 aromatic rings. The highest BCUT2D eigenvalue weighted by Crippen LogP contribution is 2.17. The second-order valence-electron chi connectivity index (χ2n) is 3.36. The van der Waals surface area contributed by atoms with Crippen LogP contribution in [0.25, 0.3) is 0 Å². The summed E-state index contributed by atoms with van der Waals surface area (Å²) in [6.07, 6.45) is 2.48. The maximum Gasteiger partial charge on any atom is 0.176 e. The lowest BCUT2D eigenvalue weighted by Crippen LogP contribution is -2.25. The van der Waals surface area contributed by atoms with E-state index in [1.165, 1.54) is 23.8 Å². The van der Waals surface area contributed by atoms with Crippen molar-refractivity contribution in [1.29, 1.82) is 0 Å². The van der Waals surface area contributed by atoms with Crippen LogP contribution in [0.3, 0.4) is 0 Å². The first-order valence-corrected chi connectivity index (χ1v) is 4.16. The van der Waals surface area contributed by atoms with Gasteiger partial charge in [0.25, 0.3) is 0 Å². The fourth-order valence-corrected chi connectivity index (χ4v) is 1.97. The number of anilines is 1. The Labute approximate surface area is 67.7 Å². The summed E-state index contributed by atoms with van der Waals surface area (Å²) in [7, 11) is 0. The minimum Gasteiger partial charge on any atom is -0.399 e. The molecule has 2 N–H and O–H groups in total. The third-order valence-electron chi connectivity index (χ3n) is 2.57. The second-order valence-corrected chi connectivity index (χ2v) is 3.36. The molecule has 0 aromatic heterocycles. The van der Waals surface area contributed by atoms with Crippen LogP contribution in [-0.4, -0.2) is 6.71 Å². The number of aryl methyl sites for hydroxylation is 1. The molecular formula is C9H12BN. The molecule has 0 amide bonds. The van der Waals surface area contributed by atoms with Gasteiger partial charge in [-0.1, -0.05) is 36.3 Å². The zero-order valence-corrected chi connectivity index (χ0v) is 6.80. The molecule has 0 saturated heterocycles. The maximum atomic E-state index is 5.86. The Morgan fingerprint density at radius 2 is 2.27 bits per heavy atom. The normalized spacial score (nSPS) is 15.2. The van der Waals surface area contributed by atoms with E-state index in [0.717, 1.165) is 5.69 Å². The highest BCUT2D eigenvalue weighted by Gasteiger charge is 2.22. The first kappa shape index (κ1) is 6.77. The fraction of sp³-hybridized carbons (Fsp3) is 0.333. The summed E-state index contributed by atoms with van der Waals surface area (Å²) >= 11 is 0. The van der Waals surface area contributed by atoms with E-state index >= 15 is 0 Å². The van der Waals surface area contributed by atoms with E-state index < -0.39 is 0 Å². The highest BCUT2D eigenvalue weighted by molar-refractivity contribution is 6.75. The number of benzene rings is 1. The summed E-state index contributed by atoms with van der Waals surface area (Å²) in [4.78, 5) is 0.